The third kappa shape index (κ3) is 1.87. The minimum absolute atomic E-state index is 0.139. The molecule has 0 bridgehead atoms. The number of para-hydroxylation sites is 1. The summed E-state index contributed by atoms with van der Waals surface area (Å²) in [5, 5.41) is 8.97. The van der Waals surface area contributed by atoms with Crippen molar-refractivity contribution >= 4 is 11.8 Å². The predicted molar refractivity (Wildman–Crippen MR) is 67.6 cm³/mol. The van der Waals surface area contributed by atoms with Crippen molar-refractivity contribution in [2.24, 2.45) is 0 Å². The van der Waals surface area contributed by atoms with E-state index in [1.165, 1.54) is 12.1 Å². The van der Waals surface area contributed by atoms with E-state index in [-0.39, 0.29) is 18.0 Å². The molecular weight excluding hydrogens is 244 g/mol. The molecule has 0 aliphatic carbocycles. The van der Waals surface area contributed by atoms with Gasteiger partial charge in [-0.3, -0.25) is 4.79 Å². The molecule has 94 valence electrons. The van der Waals surface area contributed by atoms with E-state index >= 15 is 0 Å². The largest absolute Gasteiger partial charge is 0.488 e. The van der Waals surface area contributed by atoms with Crippen LogP contribution in [0.2, 0.25) is 0 Å². The van der Waals surface area contributed by atoms with Gasteiger partial charge in [0.15, 0.2) is 5.78 Å². The van der Waals surface area contributed by atoms with Gasteiger partial charge in [-0.2, -0.15) is 0 Å². The van der Waals surface area contributed by atoms with E-state index in [1.807, 2.05) is 0 Å². The SMILES string of the molecule is O=C(O)c1ccc2c(c1)COc1ccccc1C2=O. The summed E-state index contributed by atoms with van der Waals surface area (Å²) in [5.41, 5.74) is 1.75. The zero-order valence-electron chi connectivity index (χ0n) is 9.92. The van der Waals surface area contributed by atoms with E-state index < -0.39 is 5.97 Å². The molecule has 4 nitrogen and oxygen atoms in total. The fourth-order valence-corrected chi connectivity index (χ4v) is 2.15. The van der Waals surface area contributed by atoms with Crippen LogP contribution < -0.4 is 4.74 Å². The fraction of sp³-hybridized carbons (Fsp3) is 0.0667. The van der Waals surface area contributed by atoms with E-state index in [2.05, 4.69) is 0 Å². The van der Waals surface area contributed by atoms with Crippen LogP contribution in [0.1, 0.15) is 31.8 Å². The second-order valence-electron chi connectivity index (χ2n) is 4.29. The molecule has 0 amide bonds. The first kappa shape index (κ1) is 11.5. The number of rotatable bonds is 1. The maximum absolute atomic E-state index is 12.4. The van der Waals surface area contributed by atoms with Gasteiger partial charge >= 0.3 is 5.97 Å². The van der Waals surface area contributed by atoms with Crippen LogP contribution in [0.3, 0.4) is 0 Å². The highest BCUT2D eigenvalue weighted by Crippen LogP contribution is 2.28. The number of ketones is 1. The Labute approximate surface area is 109 Å². The van der Waals surface area contributed by atoms with E-state index in [4.69, 9.17) is 9.84 Å². The summed E-state index contributed by atoms with van der Waals surface area (Å²) in [5.74, 6) is -0.627. The average Bonchev–Trinajstić information content (AvgIpc) is 2.57. The maximum Gasteiger partial charge on any atom is 0.335 e. The Bertz CT molecular complexity index is 688. The minimum Gasteiger partial charge on any atom is -0.488 e. The Kier molecular flexibility index (Phi) is 2.56. The Balaban J connectivity index is 2.15. The molecule has 1 heterocycles. The highest BCUT2D eigenvalue weighted by Gasteiger charge is 2.22. The van der Waals surface area contributed by atoms with Gasteiger partial charge in [-0.25, -0.2) is 4.79 Å². The van der Waals surface area contributed by atoms with E-state index in [1.54, 1.807) is 30.3 Å². The number of carboxylic acid groups (broad SMARTS) is 1. The van der Waals surface area contributed by atoms with Gasteiger partial charge in [-0.15, -0.1) is 0 Å². The lowest BCUT2D eigenvalue weighted by molar-refractivity contribution is 0.0696. The van der Waals surface area contributed by atoms with Crippen molar-refractivity contribution in [2.45, 2.75) is 6.61 Å². The van der Waals surface area contributed by atoms with Crippen LogP contribution in [0.5, 0.6) is 5.75 Å². The van der Waals surface area contributed by atoms with Gasteiger partial charge in [0.05, 0.1) is 11.1 Å². The summed E-state index contributed by atoms with van der Waals surface area (Å²) >= 11 is 0. The molecule has 0 spiro atoms. The summed E-state index contributed by atoms with van der Waals surface area (Å²) in [4.78, 5) is 23.3. The van der Waals surface area contributed by atoms with Crippen molar-refractivity contribution in [3.63, 3.8) is 0 Å². The van der Waals surface area contributed by atoms with Crippen molar-refractivity contribution in [3.05, 3.63) is 64.7 Å². The molecule has 0 aromatic heterocycles. The second-order valence-corrected chi connectivity index (χ2v) is 4.29. The first-order valence-electron chi connectivity index (χ1n) is 5.79. The number of carbonyl (C=O) groups is 2. The predicted octanol–water partition coefficient (Wildman–Crippen LogP) is 2.51. The molecule has 0 saturated heterocycles. The number of hydrogen-bond donors (Lipinski definition) is 1. The number of carbonyl (C=O) groups excluding carboxylic acids is 1. The van der Waals surface area contributed by atoms with Crippen molar-refractivity contribution in [1.82, 2.24) is 0 Å². The van der Waals surface area contributed by atoms with Crippen LogP contribution >= 0.6 is 0 Å². The van der Waals surface area contributed by atoms with Crippen molar-refractivity contribution in [1.29, 1.82) is 0 Å². The number of hydrogen-bond acceptors (Lipinski definition) is 3. The van der Waals surface area contributed by atoms with Crippen LogP contribution in [0.15, 0.2) is 42.5 Å². The molecule has 1 N–H and O–H groups in total. The van der Waals surface area contributed by atoms with E-state index in [9.17, 15) is 9.59 Å². The third-order valence-corrected chi connectivity index (χ3v) is 3.11. The second kappa shape index (κ2) is 4.24. The van der Waals surface area contributed by atoms with Crippen molar-refractivity contribution < 1.29 is 19.4 Å². The standard InChI is InChI=1S/C15H10O4/c16-14-11-6-5-9(15(17)18)7-10(11)8-19-13-4-2-1-3-12(13)14/h1-7H,8H2,(H,17,18). The van der Waals surface area contributed by atoms with Crippen LogP contribution in [0.25, 0.3) is 0 Å². The van der Waals surface area contributed by atoms with E-state index in [0.717, 1.165) is 0 Å². The average molecular weight is 254 g/mol. The quantitative estimate of drug-likeness (QED) is 0.849. The number of aromatic carboxylic acids is 1. The van der Waals surface area contributed by atoms with Crippen molar-refractivity contribution in [3.8, 4) is 5.75 Å². The number of ether oxygens (including phenoxy) is 1. The third-order valence-electron chi connectivity index (χ3n) is 3.11. The van der Waals surface area contributed by atoms with Gasteiger partial charge < -0.3 is 9.84 Å². The molecule has 0 radical (unpaired) electrons. The lowest BCUT2D eigenvalue weighted by Gasteiger charge is -2.05. The maximum atomic E-state index is 12.4. The molecule has 1 aliphatic rings. The molecule has 0 saturated carbocycles. The van der Waals surface area contributed by atoms with Crippen LogP contribution in [0.4, 0.5) is 0 Å². The summed E-state index contributed by atoms with van der Waals surface area (Å²) in [7, 11) is 0. The van der Waals surface area contributed by atoms with Gasteiger partial charge in [-0.05, 0) is 30.3 Å². The molecule has 0 unspecified atom stereocenters. The Morgan fingerprint density at radius 2 is 1.89 bits per heavy atom. The number of carboxylic acids is 1. The molecule has 2 aromatic rings. The smallest absolute Gasteiger partial charge is 0.335 e. The van der Waals surface area contributed by atoms with Gasteiger partial charge in [0.2, 0.25) is 0 Å². The normalized spacial score (nSPS) is 12.9. The summed E-state index contributed by atoms with van der Waals surface area (Å²) in [6, 6.07) is 11.5. The van der Waals surface area contributed by atoms with Gasteiger partial charge in [-0.1, -0.05) is 12.1 Å². The topological polar surface area (TPSA) is 63.6 Å². The van der Waals surface area contributed by atoms with Crippen LogP contribution in [-0.4, -0.2) is 16.9 Å². The Morgan fingerprint density at radius 3 is 2.68 bits per heavy atom. The molecule has 2 aromatic carbocycles. The van der Waals surface area contributed by atoms with Crippen LogP contribution in [-0.2, 0) is 6.61 Å². The van der Waals surface area contributed by atoms with E-state index in [0.29, 0.717) is 22.4 Å². The highest BCUT2D eigenvalue weighted by atomic mass is 16.5. The Hall–Kier alpha value is -2.62. The molecule has 3 rings (SSSR count). The van der Waals surface area contributed by atoms with Crippen molar-refractivity contribution in [2.75, 3.05) is 0 Å². The minimum atomic E-state index is -1.02. The monoisotopic (exact) mass is 254 g/mol. The summed E-state index contributed by atoms with van der Waals surface area (Å²) < 4.78 is 5.57. The van der Waals surface area contributed by atoms with Gasteiger partial charge in [0.25, 0.3) is 0 Å². The van der Waals surface area contributed by atoms with Gasteiger partial charge in [0.1, 0.15) is 12.4 Å². The molecule has 19 heavy (non-hydrogen) atoms. The Morgan fingerprint density at radius 1 is 1.11 bits per heavy atom. The molecular formula is C15H10O4. The highest BCUT2D eigenvalue weighted by molar-refractivity contribution is 6.12. The number of fused-ring (bicyclic) bond motifs is 2. The molecule has 1 aliphatic heterocycles. The molecule has 0 atom stereocenters. The van der Waals surface area contributed by atoms with Gasteiger partial charge in [0, 0.05) is 11.1 Å². The molecule has 0 fully saturated rings. The first-order chi connectivity index (χ1) is 9.16. The number of benzene rings is 2. The molecule has 4 heteroatoms. The summed E-state index contributed by atoms with van der Waals surface area (Å²) in [6.07, 6.45) is 0. The van der Waals surface area contributed by atoms with Crippen LogP contribution in [0, 0.1) is 0 Å². The first-order valence-corrected chi connectivity index (χ1v) is 5.79. The zero-order valence-corrected chi connectivity index (χ0v) is 9.92. The zero-order chi connectivity index (χ0) is 13.4. The lowest BCUT2D eigenvalue weighted by Crippen LogP contribution is -2.05. The lowest BCUT2D eigenvalue weighted by atomic mass is 9.97. The summed E-state index contributed by atoms with van der Waals surface area (Å²) in [6.45, 7) is 0.194. The fourth-order valence-electron chi connectivity index (χ4n) is 2.15.